The van der Waals surface area contributed by atoms with Crippen molar-refractivity contribution in [2.75, 3.05) is 6.54 Å². The number of amides is 1. The largest absolute Gasteiger partial charge is 0.352 e. The van der Waals surface area contributed by atoms with E-state index in [0.717, 1.165) is 27.2 Å². The standard InChI is InChI=1S/C21H17N3OS/c25-21(23-12-10-15-6-3-4-11-22-15)17-14-19(20-9-5-13-26-20)24-18-8-2-1-7-16(17)18/h1-9,11,13-14H,10,12H2,(H,23,25). The van der Waals surface area contributed by atoms with Crippen molar-refractivity contribution < 1.29 is 4.79 Å². The molecule has 0 spiro atoms. The fourth-order valence-corrected chi connectivity index (χ4v) is 3.55. The maximum Gasteiger partial charge on any atom is 0.252 e. The first-order chi connectivity index (χ1) is 12.8. The van der Waals surface area contributed by atoms with Gasteiger partial charge in [0, 0.05) is 30.2 Å². The molecule has 0 saturated carbocycles. The maximum absolute atomic E-state index is 12.8. The molecule has 1 amide bonds. The normalized spacial score (nSPS) is 10.8. The summed E-state index contributed by atoms with van der Waals surface area (Å²) in [4.78, 5) is 22.9. The minimum Gasteiger partial charge on any atom is -0.352 e. The molecular weight excluding hydrogens is 342 g/mol. The highest BCUT2D eigenvalue weighted by Gasteiger charge is 2.14. The first kappa shape index (κ1) is 16.4. The number of thiophene rings is 1. The number of carbonyl (C=O) groups is 1. The van der Waals surface area contributed by atoms with E-state index in [9.17, 15) is 4.79 Å². The quantitative estimate of drug-likeness (QED) is 0.577. The lowest BCUT2D eigenvalue weighted by Crippen LogP contribution is -2.26. The number of nitrogens with zero attached hydrogens (tertiary/aromatic N) is 2. The summed E-state index contributed by atoms with van der Waals surface area (Å²) in [6, 6.07) is 19.4. The van der Waals surface area contributed by atoms with Crippen LogP contribution in [-0.2, 0) is 6.42 Å². The Morgan fingerprint density at radius 2 is 1.92 bits per heavy atom. The number of rotatable bonds is 5. The number of para-hydroxylation sites is 1. The van der Waals surface area contributed by atoms with Gasteiger partial charge in [-0.05, 0) is 35.7 Å². The summed E-state index contributed by atoms with van der Waals surface area (Å²) in [6.45, 7) is 0.542. The van der Waals surface area contributed by atoms with Gasteiger partial charge in [-0.1, -0.05) is 30.3 Å². The topological polar surface area (TPSA) is 54.9 Å². The molecule has 4 nitrogen and oxygen atoms in total. The fourth-order valence-electron chi connectivity index (χ4n) is 2.86. The zero-order valence-corrected chi connectivity index (χ0v) is 14.9. The Hall–Kier alpha value is -3.05. The summed E-state index contributed by atoms with van der Waals surface area (Å²) in [7, 11) is 0. The second-order valence-corrected chi connectivity index (χ2v) is 6.82. The zero-order chi connectivity index (χ0) is 17.8. The summed E-state index contributed by atoms with van der Waals surface area (Å²) < 4.78 is 0. The van der Waals surface area contributed by atoms with E-state index >= 15 is 0 Å². The molecule has 1 aromatic carbocycles. The molecular formula is C21H17N3OS. The summed E-state index contributed by atoms with van der Waals surface area (Å²) >= 11 is 1.62. The zero-order valence-electron chi connectivity index (χ0n) is 14.1. The van der Waals surface area contributed by atoms with E-state index in [1.54, 1.807) is 17.5 Å². The minimum absolute atomic E-state index is 0.0858. The second kappa shape index (κ2) is 7.45. The Labute approximate surface area is 155 Å². The molecule has 26 heavy (non-hydrogen) atoms. The average Bonchev–Trinajstić information content (AvgIpc) is 3.23. The first-order valence-electron chi connectivity index (χ1n) is 8.43. The highest BCUT2D eigenvalue weighted by atomic mass is 32.1. The predicted octanol–water partition coefficient (Wildman–Crippen LogP) is 4.33. The molecule has 0 fully saturated rings. The monoisotopic (exact) mass is 359 g/mol. The number of carbonyl (C=O) groups excluding carboxylic acids is 1. The highest BCUT2D eigenvalue weighted by molar-refractivity contribution is 7.13. The molecule has 5 heteroatoms. The van der Waals surface area contributed by atoms with Crippen LogP contribution in [0.4, 0.5) is 0 Å². The van der Waals surface area contributed by atoms with Crippen LogP contribution in [0.2, 0.25) is 0 Å². The van der Waals surface area contributed by atoms with Crippen LogP contribution in [0.5, 0.6) is 0 Å². The van der Waals surface area contributed by atoms with E-state index < -0.39 is 0 Å². The number of aromatic nitrogens is 2. The number of hydrogen-bond donors (Lipinski definition) is 1. The molecule has 0 aliphatic carbocycles. The molecule has 0 aliphatic rings. The van der Waals surface area contributed by atoms with Crippen molar-refractivity contribution >= 4 is 28.1 Å². The molecule has 4 rings (SSSR count). The van der Waals surface area contributed by atoms with E-state index in [2.05, 4.69) is 10.3 Å². The molecule has 0 bridgehead atoms. The van der Waals surface area contributed by atoms with E-state index in [-0.39, 0.29) is 5.91 Å². The van der Waals surface area contributed by atoms with Gasteiger partial charge in [0.05, 0.1) is 21.7 Å². The maximum atomic E-state index is 12.8. The SMILES string of the molecule is O=C(NCCc1ccccn1)c1cc(-c2cccs2)nc2ccccc12. The van der Waals surface area contributed by atoms with Crippen molar-refractivity contribution in [1.29, 1.82) is 0 Å². The van der Waals surface area contributed by atoms with Crippen LogP contribution in [0.15, 0.2) is 72.2 Å². The molecule has 0 atom stereocenters. The van der Waals surface area contributed by atoms with Crippen LogP contribution >= 0.6 is 11.3 Å². The number of benzene rings is 1. The first-order valence-corrected chi connectivity index (χ1v) is 9.31. The molecule has 1 N–H and O–H groups in total. The summed E-state index contributed by atoms with van der Waals surface area (Å²) in [5.41, 5.74) is 3.27. The van der Waals surface area contributed by atoms with Gasteiger partial charge in [0.2, 0.25) is 0 Å². The Morgan fingerprint density at radius 3 is 2.73 bits per heavy atom. The van der Waals surface area contributed by atoms with E-state index in [4.69, 9.17) is 4.98 Å². The molecule has 3 aromatic heterocycles. The lowest BCUT2D eigenvalue weighted by Gasteiger charge is -2.10. The number of fused-ring (bicyclic) bond motifs is 1. The second-order valence-electron chi connectivity index (χ2n) is 5.88. The molecule has 0 aliphatic heterocycles. The predicted molar refractivity (Wildman–Crippen MR) is 105 cm³/mol. The van der Waals surface area contributed by atoms with Gasteiger partial charge in [0.25, 0.3) is 5.91 Å². The highest BCUT2D eigenvalue weighted by Crippen LogP contribution is 2.27. The fraction of sp³-hybridized carbons (Fsp3) is 0.0952. The van der Waals surface area contributed by atoms with E-state index in [1.165, 1.54) is 0 Å². The van der Waals surface area contributed by atoms with Crippen LogP contribution in [0.3, 0.4) is 0 Å². The molecule has 128 valence electrons. The van der Waals surface area contributed by atoms with Crippen molar-refractivity contribution in [1.82, 2.24) is 15.3 Å². The Bertz CT molecular complexity index is 1030. The third-order valence-corrected chi connectivity index (χ3v) is 5.02. The van der Waals surface area contributed by atoms with Crippen molar-refractivity contribution in [3.8, 4) is 10.6 Å². The third-order valence-electron chi connectivity index (χ3n) is 4.13. The van der Waals surface area contributed by atoms with Gasteiger partial charge in [-0.25, -0.2) is 4.98 Å². The Balaban J connectivity index is 1.61. The molecule has 3 heterocycles. The van der Waals surface area contributed by atoms with Crippen LogP contribution in [0, 0.1) is 0 Å². The molecule has 0 saturated heterocycles. The van der Waals surface area contributed by atoms with Gasteiger partial charge in [0.15, 0.2) is 0 Å². The average molecular weight is 359 g/mol. The minimum atomic E-state index is -0.0858. The van der Waals surface area contributed by atoms with E-state index in [1.807, 2.05) is 66.0 Å². The van der Waals surface area contributed by atoms with Crippen molar-refractivity contribution in [2.24, 2.45) is 0 Å². The van der Waals surface area contributed by atoms with Crippen molar-refractivity contribution in [3.63, 3.8) is 0 Å². The third kappa shape index (κ3) is 3.48. The van der Waals surface area contributed by atoms with Crippen molar-refractivity contribution in [3.05, 3.63) is 83.5 Å². The van der Waals surface area contributed by atoms with E-state index in [0.29, 0.717) is 18.5 Å². The number of nitrogens with one attached hydrogen (secondary N) is 1. The van der Waals surface area contributed by atoms with Crippen LogP contribution in [-0.4, -0.2) is 22.4 Å². The summed E-state index contributed by atoms with van der Waals surface area (Å²) in [5.74, 6) is -0.0858. The van der Waals surface area contributed by atoms with Gasteiger partial charge >= 0.3 is 0 Å². The Morgan fingerprint density at radius 1 is 1.04 bits per heavy atom. The molecule has 4 aromatic rings. The van der Waals surface area contributed by atoms with Crippen LogP contribution in [0.1, 0.15) is 16.1 Å². The van der Waals surface area contributed by atoms with Crippen LogP contribution in [0.25, 0.3) is 21.5 Å². The summed E-state index contributed by atoms with van der Waals surface area (Å²) in [5, 5.41) is 5.89. The van der Waals surface area contributed by atoms with Gasteiger partial charge < -0.3 is 5.32 Å². The molecule has 0 radical (unpaired) electrons. The molecule has 0 unspecified atom stereocenters. The number of pyridine rings is 2. The van der Waals surface area contributed by atoms with Gasteiger partial charge in [-0.15, -0.1) is 11.3 Å². The smallest absolute Gasteiger partial charge is 0.252 e. The van der Waals surface area contributed by atoms with Gasteiger partial charge in [0.1, 0.15) is 0 Å². The van der Waals surface area contributed by atoms with Gasteiger partial charge in [-0.2, -0.15) is 0 Å². The Kier molecular flexibility index (Phi) is 4.71. The summed E-state index contributed by atoms with van der Waals surface area (Å²) in [6.07, 6.45) is 2.47. The van der Waals surface area contributed by atoms with Gasteiger partial charge in [-0.3, -0.25) is 9.78 Å². The lowest BCUT2D eigenvalue weighted by atomic mass is 10.1. The lowest BCUT2D eigenvalue weighted by molar-refractivity contribution is 0.0955. The van der Waals surface area contributed by atoms with Crippen LogP contribution < -0.4 is 5.32 Å². The number of hydrogen-bond acceptors (Lipinski definition) is 4. The van der Waals surface area contributed by atoms with Crippen molar-refractivity contribution in [2.45, 2.75) is 6.42 Å².